The molecule has 2 rings (SSSR count). The molecule has 0 spiro atoms. The third-order valence-corrected chi connectivity index (χ3v) is 4.02. The van der Waals surface area contributed by atoms with Crippen LogP contribution in [0.5, 0.6) is 0 Å². The van der Waals surface area contributed by atoms with Crippen LogP contribution >= 0.6 is 0 Å². The number of benzene rings is 1. The average Bonchev–Trinajstić information content (AvgIpc) is 2.44. The lowest BCUT2D eigenvalue weighted by atomic mass is 9.94. The fourth-order valence-corrected chi connectivity index (χ4v) is 2.81. The van der Waals surface area contributed by atoms with Gasteiger partial charge in [-0.1, -0.05) is 25.1 Å². The van der Waals surface area contributed by atoms with Gasteiger partial charge in [-0.3, -0.25) is 4.79 Å². The Balaban J connectivity index is 2.20. The Morgan fingerprint density at radius 2 is 2.21 bits per heavy atom. The summed E-state index contributed by atoms with van der Waals surface area (Å²) in [5.74, 6) is 0.297. The van der Waals surface area contributed by atoms with E-state index in [-0.39, 0.29) is 11.8 Å². The molecule has 0 saturated carbocycles. The quantitative estimate of drug-likeness (QED) is 0.904. The molecule has 2 atom stereocenters. The first-order valence-electron chi connectivity index (χ1n) is 7.26. The molecule has 3 heteroatoms. The van der Waals surface area contributed by atoms with Crippen LogP contribution in [-0.4, -0.2) is 18.5 Å². The first-order chi connectivity index (χ1) is 9.15. The fraction of sp³-hybridized carbons (Fsp3) is 0.562. The Bertz CT molecular complexity index is 444. The maximum atomic E-state index is 12.7. The van der Waals surface area contributed by atoms with Crippen LogP contribution in [0.2, 0.25) is 0 Å². The summed E-state index contributed by atoms with van der Waals surface area (Å²) >= 11 is 0. The highest BCUT2D eigenvalue weighted by Gasteiger charge is 2.30. The van der Waals surface area contributed by atoms with Crippen LogP contribution < -0.4 is 10.6 Å². The van der Waals surface area contributed by atoms with Crippen molar-refractivity contribution in [3.05, 3.63) is 29.8 Å². The maximum Gasteiger partial charge on any atom is 0.230 e. The largest absolute Gasteiger partial charge is 0.330 e. The molecule has 2 unspecified atom stereocenters. The molecule has 0 radical (unpaired) electrons. The molecule has 0 saturated heterocycles. The number of carbonyl (C=O) groups is 1. The van der Waals surface area contributed by atoms with Crippen molar-refractivity contribution in [1.29, 1.82) is 0 Å². The Hall–Kier alpha value is -1.35. The zero-order valence-corrected chi connectivity index (χ0v) is 11.9. The number of rotatable bonds is 4. The number of hydrogen-bond donors (Lipinski definition) is 1. The molecule has 1 aromatic rings. The van der Waals surface area contributed by atoms with Gasteiger partial charge in [-0.05, 0) is 50.8 Å². The maximum absolute atomic E-state index is 12.7. The van der Waals surface area contributed by atoms with Gasteiger partial charge in [0.05, 0.1) is 0 Å². The summed E-state index contributed by atoms with van der Waals surface area (Å²) in [4.78, 5) is 14.7. The molecular formula is C16H24N2O. The fourth-order valence-electron chi connectivity index (χ4n) is 2.81. The number of nitrogens with two attached hydrogens (primary N) is 1. The molecule has 0 bridgehead atoms. The summed E-state index contributed by atoms with van der Waals surface area (Å²) in [6, 6.07) is 8.56. The Kier molecular flexibility index (Phi) is 4.59. The molecular weight excluding hydrogens is 236 g/mol. The smallest absolute Gasteiger partial charge is 0.230 e. The molecule has 1 amide bonds. The predicted molar refractivity (Wildman–Crippen MR) is 79.2 cm³/mol. The zero-order chi connectivity index (χ0) is 13.8. The van der Waals surface area contributed by atoms with E-state index in [0.29, 0.717) is 12.6 Å². The van der Waals surface area contributed by atoms with Crippen LogP contribution in [0.25, 0.3) is 0 Å². The van der Waals surface area contributed by atoms with E-state index >= 15 is 0 Å². The van der Waals surface area contributed by atoms with Crippen molar-refractivity contribution >= 4 is 11.6 Å². The van der Waals surface area contributed by atoms with Crippen molar-refractivity contribution in [1.82, 2.24) is 0 Å². The molecule has 1 aromatic carbocycles. The van der Waals surface area contributed by atoms with Gasteiger partial charge < -0.3 is 10.6 Å². The van der Waals surface area contributed by atoms with Crippen molar-refractivity contribution in [3.8, 4) is 0 Å². The molecule has 2 N–H and O–H groups in total. The molecule has 1 aliphatic heterocycles. The number of para-hydroxylation sites is 1. The van der Waals surface area contributed by atoms with Gasteiger partial charge >= 0.3 is 0 Å². The van der Waals surface area contributed by atoms with Gasteiger partial charge in [-0.25, -0.2) is 0 Å². The van der Waals surface area contributed by atoms with Crippen LogP contribution in [-0.2, 0) is 11.2 Å². The second-order valence-electron chi connectivity index (χ2n) is 5.56. The Morgan fingerprint density at radius 3 is 2.95 bits per heavy atom. The lowest BCUT2D eigenvalue weighted by Gasteiger charge is -2.37. The number of carbonyl (C=O) groups excluding carboxylic acids is 1. The molecule has 0 fully saturated rings. The third kappa shape index (κ3) is 2.98. The van der Waals surface area contributed by atoms with Crippen molar-refractivity contribution in [3.63, 3.8) is 0 Å². The minimum absolute atomic E-state index is 0.0529. The molecule has 1 heterocycles. The number of amides is 1. The average molecular weight is 260 g/mol. The summed E-state index contributed by atoms with van der Waals surface area (Å²) in [7, 11) is 0. The van der Waals surface area contributed by atoms with Crippen LogP contribution in [0.4, 0.5) is 5.69 Å². The van der Waals surface area contributed by atoms with E-state index < -0.39 is 0 Å². The first kappa shape index (κ1) is 14.1. The standard InChI is InChI=1S/C16H24N2O/c1-12(6-5-11-17)16(19)18-13(2)9-10-14-7-3-4-8-15(14)18/h3-4,7-8,12-13H,5-6,9-11,17H2,1-2H3. The van der Waals surface area contributed by atoms with E-state index in [1.165, 1.54) is 5.56 Å². The lowest BCUT2D eigenvalue weighted by Crippen LogP contribution is -2.44. The third-order valence-electron chi connectivity index (χ3n) is 4.02. The monoisotopic (exact) mass is 260 g/mol. The number of aryl methyl sites for hydroxylation is 1. The topological polar surface area (TPSA) is 46.3 Å². The van der Waals surface area contributed by atoms with Crippen molar-refractivity contribution in [2.75, 3.05) is 11.4 Å². The lowest BCUT2D eigenvalue weighted by molar-refractivity contribution is -0.122. The summed E-state index contributed by atoms with van der Waals surface area (Å²) < 4.78 is 0. The SMILES string of the molecule is CC(CCCN)C(=O)N1c2ccccc2CCC1C. The van der Waals surface area contributed by atoms with Crippen molar-refractivity contribution in [2.24, 2.45) is 11.7 Å². The normalized spacial score (nSPS) is 19.9. The van der Waals surface area contributed by atoms with Gasteiger partial charge in [0.25, 0.3) is 0 Å². The molecule has 0 aromatic heterocycles. The highest BCUT2D eigenvalue weighted by atomic mass is 16.2. The van der Waals surface area contributed by atoms with E-state index in [1.54, 1.807) is 0 Å². The second-order valence-corrected chi connectivity index (χ2v) is 5.56. The van der Waals surface area contributed by atoms with Gasteiger partial charge in [0.2, 0.25) is 5.91 Å². The van der Waals surface area contributed by atoms with Crippen LogP contribution in [0.3, 0.4) is 0 Å². The van der Waals surface area contributed by atoms with Crippen molar-refractivity contribution in [2.45, 2.75) is 45.6 Å². The van der Waals surface area contributed by atoms with Gasteiger partial charge in [0.15, 0.2) is 0 Å². The summed E-state index contributed by atoms with van der Waals surface area (Å²) in [5.41, 5.74) is 7.93. The Morgan fingerprint density at radius 1 is 1.47 bits per heavy atom. The highest BCUT2D eigenvalue weighted by Crippen LogP contribution is 2.32. The number of hydrogen-bond acceptors (Lipinski definition) is 2. The molecule has 3 nitrogen and oxygen atoms in total. The minimum Gasteiger partial charge on any atom is -0.330 e. The highest BCUT2D eigenvalue weighted by molar-refractivity contribution is 5.96. The second kappa shape index (κ2) is 6.20. The van der Waals surface area contributed by atoms with E-state index in [4.69, 9.17) is 5.73 Å². The van der Waals surface area contributed by atoms with Gasteiger partial charge in [-0.15, -0.1) is 0 Å². The summed E-state index contributed by atoms with van der Waals surface area (Å²) in [6.45, 7) is 4.81. The molecule has 104 valence electrons. The van der Waals surface area contributed by atoms with E-state index in [9.17, 15) is 4.79 Å². The van der Waals surface area contributed by atoms with Crippen LogP contribution in [0.1, 0.15) is 38.7 Å². The molecule has 19 heavy (non-hydrogen) atoms. The zero-order valence-electron chi connectivity index (χ0n) is 11.9. The van der Waals surface area contributed by atoms with E-state index in [0.717, 1.165) is 31.4 Å². The molecule has 0 aliphatic carbocycles. The van der Waals surface area contributed by atoms with Gasteiger partial charge in [-0.2, -0.15) is 0 Å². The first-order valence-corrected chi connectivity index (χ1v) is 7.26. The van der Waals surface area contributed by atoms with Gasteiger partial charge in [0, 0.05) is 17.6 Å². The predicted octanol–water partition coefficient (Wildman–Crippen LogP) is 2.73. The van der Waals surface area contributed by atoms with Crippen LogP contribution in [0, 0.1) is 5.92 Å². The van der Waals surface area contributed by atoms with E-state index in [2.05, 4.69) is 25.1 Å². The Labute approximate surface area is 115 Å². The summed E-state index contributed by atoms with van der Waals surface area (Å²) in [6.07, 6.45) is 3.90. The number of nitrogens with zero attached hydrogens (tertiary/aromatic N) is 1. The van der Waals surface area contributed by atoms with Gasteiger partial charge in [0.1, 0.15) is 0 Å². The number of fused-ring (bicyclic) bond motifs is 1. The van der Waals surface area contributed by atoms with Crippen molar-refractivity contribution < 1.29 is 4.79 Å². The molecule has 1 aliphatic rings. The summed E-state index contributed by atoms with van der Waals surface area (Å²) in [5, 5.41) is 0. The number of anilines is 1. The van der Waals surface area contributed by atoms with E-state index in [1.807, 2.05) is 17.9 Å². The van der Waals surface area contributed by atoms with Crippen LogP contribution in [0.15, 0.2) is 24.3 Å². The minimum atomic E-state index is 0.0529.